The normalized spacial score (nSPS) is 12.3. The van der Waals surface area contributed by atoms with E-state index in [2.05, 4.69) is 16.8 Å². The van der Waals surface area contributed by atoms with Gasteiger partial charge in [-0.05, 0) is 57.5 Å². The molecule has 1 N–H and O–H groups in total. The maximum atomic E-state index is 10.3. The maximum absolute atomic E-state index is 10.3. The molecule has 1 aromatic heterocycles. The Morgan fingerprint density at radius 1 is 1.24 bits per heavy atom. The summed E-state index contributed by atoms with van der Waals surface area (Å²) in [6.07, 6.45) is 4.19. The number of aliphatic hydroxyl groups excluding tert-OH is 1. The summed E-state index contributed by atoms with van der Waals surface area (Å²) in [5.74, 6) is 0.398. The van der Waals surface area contributed by atoms with Gasteiger partial charge in [-0.3, -0.25) is 4.98 Å². The molecule has 2 rings (SSSR count). The molecule has 5 nitrogen and oxygen atoms in total. The predicted molar refractivity (Wildman–Crippen MR) is 121 cm³/mol. The average Bonchev–Trinajstić information content (AvgIpc) is 2.67. The summed E-state index contributed by atoms with van der Waals surface area (Å²) in [4.78, 5) is 6.46. The molecule has 1 heterocycles. The first-order valence-corrected chi connectivity index (χ1v) is 9.48. The van der Waals surface area contributed by atoms with Crippen LogP contribution in [0, 0.1) is 11.3 Å². The monoisotopic (exact) mass is 459 g/mol. The van der Waals surface area contributed by atoms with Gasteiger partial charge >= 0.3 is 0 Å². The first kappa shape index (κ1) is 27.5. The van der Waals surface area contributed by atoms with Crippen LogP contribution in [0.5, 0.6) is 5.75 Å². The Balaban J connectivity index is 0.00000392. The van der Waals surface area contributed by atoms with Crippen molar-refractivity contribution in [1.29, 1.82) is 5.26 Å². The van der Waals surface area contributed by atoms with E-state index < -0.39 is 6.10 Å². The number of benzene rings is 1. The van der Waals surface area contributed by atoms with Gasteiger partial charge < -0.3 is 14.7 Å². The lowest BCUT2D eigenvalue weighted by Gasteiger charge is -2.27. The van der Waals surface area contributed by atoms with Crippen molar-refractivity contribution in [3.05, 3.63) is 58.9 Å². The summed E-state index contributed by atoms with van der Waals surface area (Å²) in [7, 11) is 1.99. The first-order valence-electron chi connectivity index (χ1n) is 9.11. The Bertz CT molecular complexity index is 757. The molecule has 160 valence electrons. The third-order valence-electron chi connectivity index (χ3n) is 4.55. The Kier molecular flexibility index (Phi) is 13.7. The Morgan fingerprint density at radius 3 is 2.66 bits per heavy atom. The summed E-state index contributed by atoms with van der Waals surface area (Å²) in [6.45, 7) is 2.75. The van der Waals surface area contributed by atoms with Gasteiger partial charge in [-0.1, -0.05) is 23.7 Å². The molecule has 2 atom stereocenters. The SMILES string of the molecule is CC(CCCc1ccccn1)N(C)C[C@@H](O)COc1cccc(Cl)c1C#N.Cl.Cl. The van der Waals surface area contributed by atoms with E-state index in [0.717, 1.165) is 25.0 Å². The van der Waals surface area contributed by atoms with E-state index in [1.807, 2.05) is 37.5 Å². The van der Waals surface area contributed by atoms with Crippen molar-refractivity contribution in [2.45, 2.75) is 38.3 Å². The van der Waals surface area contributed by atoms with Crippen LogP contribution < -0.4 is 4.74 Å². The molecule has 0 aliphatic carbocycles. The number of ether oxygens (including phenoxy) is 1. The van der Waals surface area contributed by atoms with Crippen LogP contribution in [0.15, 0.2) is 42.6 Å². The number of halogens is 3. The topological polar surface area (TPSA) is 69.4 Å². The molecule has 2 aromatic rings. The van der Waals surface area contributed by atoms with Gasteiger partial charge in [0.2, 0.25) is 0 Å². The minimum atomic E-state index is -0.654. The van der Waals surface area contributed by atoms with Crippen molar-refractivity contribution in [3.63, 3.8) is 0 Å². The zero-order valence-corrected chi connectivity index (χ0v) is 19.0. The number of aromatic nitrogens is 1. The third-order valence-corrected chi connectivity index (χ3v) is 4.87. The highest BCUT2D eigenvalue weighted by molar-refractivity contribution is 6.31. The first-order chi connectivity index (χ1) is 13.0. The molecule has 0 radical (unpaired) electrons. The second-order valence-corrected chi connectivity index (χ2v) is 7.10. The summed E-state index contributed by atoms with van der Waals surface area (Å²) >= 11 is 5.99. The molecular formula is C21H28Cl3N3O2. The van der Waals surface area contributed by atoms with Crippen LogP contribution in [0.25, 0.3) is 0 Å². The fourth-order valence-corrected chi connectivity index (χ4v) is 3.04. The van der Waals surface area contributed by atoms with Crippen molar-refractivity contribution < 1.29 is 9.84 Å². The Morgan fingerprint density at radius 2 is 2.00 bits per heavy atom. The van der Waals surface area contributed by atoms with Gasteiger partial charge in [0.25, 0.3) is 0 Å². The smallest absolute Gasteiger partial charge is 0.138 e. The number of likely N-dealkylation sites (N-methyl/N-ethyl adjacent to an activating group) is 1. The maximum Gasteiger partial charge on any atom is 0.138 e. The number of pyridine rings is 1. The van der Waals surface area contributed by atoms with Crippen LogP contribution in [0.3, 0.4) is 0 Å². The third kappa shape index (κ3) is 9.20. The minimum absolute atomic E-state index is 0. The van der Waals surface area contributed by atoms with Crippen LogP contribution in [0.1, 0.15) is 31.0 Å². The highest BCUT2D eigenvalue weighted by Crippen LogP contribution is 2.25. The standard InChI is InChI=1S/C21H26ClN3O2.2ClH/c1-16(7-5-9-17-8-3-4-12-24-17)25(2)14-18(26)15-27-21-11-6-10-20(22)19(21)13-23;;/h3-4,6,8,10-12,16,18,26H,5,7,9,14-15H2,1-2H3;2*1H/t16?,18-;;/m1../s1. The Labute approximate surface area is 190 Å². The summed E-state index contributed by atoms with van der Waals surface area (Å²) in [5.41, 5.74) is 1.40. The average molecular weight is 461 g/mol. The number of hydrogen-bond acceptors (Lipinski definition) is 5. The van der Waals surface area contributed by atoms with E-state index in [0.29, 0.717) is 28.9 Å². The molecule has 0 amide bonds. The molecule has 29 heavy (non-hydrogen) atoms. The second-order valence-electron chi connectivity index (χ2n) is 6.69. The fraction of sp³-hybridized carbons (Fsp3) is 0.429. The number of rotatable bonds is 10. The fourth-order valence-electron chi connectivity index (χ4n) is 2.83. The molecule has 0 aliphatic rings. The van der Waals surface area contributed by atoms with E-state index >= 15 is 0 Å². The molecule has 1 aromatic carbocycles. The molecule has 0 spiro atoms. The summed E-state index contributed by atoms with van der Waals surface area (Å²) < 4.78 is 5.60. The second kappa shape index (κ2) is 14.4. The van der Waals surface area contributed by atoms with E-state index in [9.17, 15) is 5.11 Å². The van der Waals surface area contributed by atoms with Crippen molar-refractivity contribution >= 4 is 36.4 Å². The zero-order chi connectivity index (χ0) is 19.6. The van der Waals surface area contributed by atoms with Crippen LogP contribution in [-0.2, 0) is 6.42 Å². The number of hydrogen-bond donors (Lipinski definition) is 1. The van der Waals surface area contributed by atoms with Crippen molar-refractivity contribution in [2.24, 2.45) is 0 Å². The molecule has 8 heteroatoms. The van der Waals surface area contributed by atoms with Crippen LogP contribution >= 0.6 is 36.4 Å². The largest absolute Gasteiger partial charge is 0.489 e. The van der Waals surface area contributed by atoms with Gasteiger partial charge in [0.1, 0.15) is 30.1 Å². The van der Waals surface area contributed by atoms with Gasteiger partial charge in [0.05, 0.1) is 5.02 Å². The summed E-state index contributed by atoms with van der Waals surface area (Å²) in [6, 6.07) is 13.4. The van der Waals surface area contributed by atoms with Crippen LogP contribution in [0.4, 0.5) is 0 Å². The van der Waals surface area contributed by atoms with Crippen molar-refractivity contribution in [3.8, 4) is 11.8 Å². The molecule has 1 unspecified atom stereocenters. The molecule has 0 saturated heterocycles. The number of aliphatic hydroxyl groups is 1. The van der Waals surface area contributed by atoms with Gasteiger partial charge in [0, 0.05) is 24.5 Å². The van der Waals surface area contributed by atoms with E-state index in [4.69, 9.17) is 21.6 Å². The lowest BCUT2D eigenvalue weighted by molar-refractivity contribution is 0.0638. The van der Waals surface area contributed by atoms with E-state index in [-0.39, 0.29) is 31.4 Å². The lowest BCUT2D eigenvalue weighted by Crippen LogP contribution is -2.38. The lowest BCUT2D eigenvalue weighted by atomic mass is 10.1. The highest BCUT2D eigenvalue weighted by atomic mass is 35.5. The molecular weight excluding hydrogens is 433 g/mol. The molecule has 0 bridgehead atoms. The molecule has 0 fully saturated rings. The predicted octanol–water partition coefficient (Wildman–Crippen LogP) is 4.53. The van der Waals surface area contributed by atoms with E-state index in [1.165, 1.54) is 0 Å². The van der Waals surface area contributed by atoms with Crippen molar-refractivity contribution in [1.82, 2.24) is 9.88 Å². The van der Waals surface area contributed by atoms with Gasteiger partial charge in [0.15, 0.2) is 0 Å². The highest BCUT2D eigenvalue weighted by Gasteiger charge is 2.16. The van der Waals surface area contributed by atoms with Crippen molar-refractivity contribution in [2.75, 3.05) is 20.2 Å². The molecule has 0 aliphatic heterocycles. The number of aryl methyl sites for hydroxylation is 1. The van der Waals surface area contributed by atoms with Crippen LogP contribution in [0.2, 0.25) is 5.02 Å². The van der Waals surface area contributed by atoms with Crippen LogP contribution in [-0.4, -0.2) is 47.3 Å². The van der Waals surface area contributed by atoms with E-state index in [1.54, 1.807) is 18.2 Å². The quantitative estimate of drug-likeness (QED) is 0.564. The minimum Gasteiger partial charge on any atom is -0.489 e. The van der Waals surface area contributed by atoms with Gasteiger partial charge in [-0.2, -0.15) is 5.26 Å². The van der Waals surface area contributed by atoms with Gasteiger partial charge in [-0.15, -0.1) is 24.8 Å². The van der Waals surface area contributed by atoms with Gasteiger partial charge in [-0.25, -0.2) is 0 Å². The molecule has 0 saturated carbocycles. The summed E-state index contributed by atoms with van der Waals surface area (Å²) in [5, 5.41) is 19.8. The number of nitrogens with zero attached hydrogens (tertiary/aromatic N) is 3. The Hall–Kier alpha value is -1.55. The number of nitriles is 1. The zero-order valence-electron chi connectivity index (χ0n) is 16.6.